The second kappa shape index (κ2) is 5.43. The molecule has 0 atom stereocenters. The first-order valence-electron chi connectivity index (χ1n) is 5.82. The summed E-state index contributed by atoms with van der Waals surface area (Å²) in [5.41, 5.74) is 3.99. The van der Waals surface area contributed by atoms with Crippen molar-refractivity contribution in [3.63, 3.8) is 0 Å². The van der Waals surface area contributed by atoms with Gasteiger partial charge in [0.25, 0.3) is 0 Å². The molecule has 0 aliphatic carbocycles. The topological polar surface area (TPSA) is 24.9 Å². The van der Waals surface area contributed by atoms with Crippen LogP contribution in [0.25, 0.3) is 0 Å². The largest absolute Gasteiger partial charge is 0.306 e. The van der Waals surface area contributed by atoms with E-state index in [0.29, 0.717) is 0 Å². The predicted molar refractivity (Wildman–Crippen MR) is 73.3 cm³/mol. The molecule has 2 rings (SSSR count). The molecule has 0 bridgehead atoms. The van der Waals surface area contributed by atoms with Gasteiger partial charge in [0.05, 0.1) is 0 Å². The molecule has 0 unspecified atom stereocenters. The first-order chi connectivity index (χ1) is 8.13. The van der Waals surface area contributed by atoms with Crippen LogP contribution in [0.3, 0.4) is 0 Å². The van der Waals surface area contributed by atoms with E-state index in [1.807, 2.05) is 6.20 Å². The van der Waals surface area contributed by atoms with Gasteiger partial charge in [-0.2, -0.15) is 0 Å². The van der Waals surface area contributed by atoms with Crippen molar-refractivity contribution in [3.8, 4) is 0 Å². The number of aryl methyl sites for hydroxylation is 3. The van der Waals surface area contributed by atoms with E-state index in [2.05, 4.69) is 49.3 Å². The average molecular weight is 246 g/mol. The number of nitrogens with zero attached hydrogens (tertiary/aromatic N) is 1. The molecule has 90 valence electrons. The molecule has 1 N–H and O–H groups in total. The number of rotatable bonds is 4. The Morgan fingerprint density at radius 1 is 1.06 bits per heavy atom. The number of nitrogens with one attached hydrogen (secondary N) is 1. The normalized spacial score (nSPS) is 10.8. The van der Waals surface area contributed by atoms with Crippen LogP contribution in [0.1, 0.15) is 26.6 Å². The van der Waals surface area contributed by atoms with Gasteiger partial charge in [-0.25, -0.2) is 4.98 Å². The molecule has 0 saturated carbocycles. The number of aromatic nitrogens is 1. The van der Waals surface area contributed by atoms with Crippen molar-refractivity contribution >= 4 is 11.3 Å². The van der Waals surface area contributed by atoms with Crippen molar-refractivity contribution in [2.45, 2.75) is 33.9 Å². The number of hydrogen-bond acceptors (Lipinski definition) is 3. The van der Waals surface area contributed by atoms with Gasteiger partial charge < -0.3 is 5.32 Å². The van der Waals surface area contributed by atoms with Crippen molar-refractivity contribution in [3.05, 3.63) is 51.0 Å². The molecular weight excluding hydrogens is 228 g/mol. The van der Waals surface area contributed by atoms with Crippen molar-refractivity contribution in [1.29, 1.82) is 0 Å². The van der Waals surface area contributed by atoms with Crippen LogP contribution in [-0.4, -0.2) is 4.98 Å². The number of thiazole rings is 1. The summed E-state index contributed by atoms with van der Waals surface area (Å²) < 4.78 is 0. The lowest BCUT2D eigenvalue weighted by Crippen LogP contribution is -2.12. The summed E-state index contributed by atoms with van der Waals surface area (Å²) in [7, 11) is 0. The lowest BCUT2D eigenvalue weighted by atomic mass is 10.1. The molecule has 17 heavy (non-hydrogen) atoms. The molecule has 0 aliphatic rings. The minimum atomic E-state index is 0.853. The van der Waals surface area contributed by atoms with Gasteiger partial charge in [-0.1, -0.05) is 29.3 Å². The third-order valence-corrected chi connectivity index (χ3v) is 3.47. The fourth-order valence-electron chi connectivity index (χ4n) is 1.97. The highest BCUT2D eigenvalue weighted by molar-refractivity contribution is 7.11. The Balaban J connectivity index is 1.89. The molecule has 3 heteroatoms. The van der Waals surface area contributed by atoms with Crippen LogP contribution in [0.15, 0.2) is 24.4 Å². The Kier molecular flexibility index (Phi) is 3.92. The van der Waals surface area contributed by atoms with Gasteiger partial charge in [0.15, 0.2) is 0 Å². The van der Waals surface area contributed by atoms with Crippen molar-refractivity contribution < 1.29 is 0 Å². The molecule has 0 fully saturated rings. The standard InChI is InChI=1S/C14H18N2S/c1-10-4-11(2)6-13(5-10)8-15-9-14-16-7-12(3)17-14/h4-7,15H,8-9H2,1-3H3. The third-order valence-electron chi connectivity index (χ3n) is 2.56. The zero-order valence-electron chi connectivity index (χ0n) is 10.6. The maximum atomic E-state index is 4.34. The predicted octanol–water partition coefficient (Wildman–Crippen LogP) is 3.36. The van der Waals surface area contributed by atoms with Gasteiger partial charge in [-0.05, 0) is 26.3 Å². The minimum absolute atomic E-state index is 0.853. The van der Waals surface area contributed by atoms with Crippen molar-refractivity contribution in [2.75, 3.05) is 0 Å². The molecule has 2 nitrogen and oxygen atoms in total. The maximum Gasteiger partial charge on any atom is 0.107 e. The van der Waals surface area contributed by atoms with Gasteiger partial charge in [-0.3, -0.25) is 0 Å². The van der Waals surface area contributed by atoms with E-state index in [9.17, 15) is 0 Å². The summed E-state index contributed by atoms with van der Waals surface area (Å²) in [5, 5.41) is 4.59. The van der Waals surface area contributed by atoms with E-state index >= 15 is 0 Å². The monoisotopic (exact) mass is 246 g/mol. The summed E-state index contributed by atoms with van der Waals surface area (Å²) in [6, 6.07) is 6.66. The van der Waals surface area contributed by atoms with Crippen LogP contribution in [0.2, 0.25) is 0 Å². The molecule has 1 heterocycles. The quantitative estimate of drug-likeness (QED) is 0.894. The Morgan fingerprint density at radius 3 is 2.35 bits per heavy atom. The fourth-order valence-corrected chi connectivity index (χ4v) is 2.72. The van der Waals surface area contributed by atoms with Crippen LogP contribution in [0, 0.1) is 20.8 Å². The molecule has 2 aromatic rings. The highest BCUT2D eigenvalue weighted by Crippen LogP contribution is 2.12. The first kappa shape index (κ1) is 12.3. The van der Waals surface area contributed by atoms with Gasteiger partial charge in [0, 0.05) is 24.2 Å². The van der Waals surface area contributed by atoms with E-state index in [4.69, 9.17) is 0 Å². The summed E-state index contributed by atoms with van der Waals surface area (Å²) in [5.74, 6) is 0. The van der Waals surface area contributed by atoms with Crippen molar-refractivity contribution in [2.24, 2.45) is 0 Å². The van der Waals surface area contributed by atoms with Gasteiger partial charge in [0.2, 0.25) is 0 Å². The molecular formula is C14H18N2S. The summed E-state index contributed by atoms with van der Waals surface area (Å²) in [4.78, 5) is 5.61. The van der Waals surface area contributed by atoms with Crippen LogP contribution >= 0.6 is 11.3 Å². The minimum Gasteiger partial charge on any atom is -0.306 e. The SMILES string of the molecule is Cc1cc(C)cc(CNCc2ncc(C)s2)c1. The van der Waals surface area contributed by atoms with Gasteiger partial charge in [-0.15, -0.1) is 11.3 Å². The highest BCUT2D eigenvalue weighted by atomic mass is 32.1. The summed E-state index contributed by atoms with van der Waals surface area (Å²) in [6.45, 7) is 8.12. The lowest BCUT2D eigenvalue weighted by Gasteiger charge is -2.05. The Hall–Kier alpha value is -1.19. The molecule has 0 amide bonds. The van der Waals surface area contributed by atoms with E-state index in [1.54, 1.807) is 11.3 Å². The van der Waals surface area contributed by atoms with E-state index < -0.39 is 0 Å². The van der Waals surface area contributed by atoms with E-state index in [0.717, 1.165) is 18.1 Å². The molecule has 0 saturated heterocycles. The molecule has 0 aliphatic heterocycles. The zero-order valence-corrected chi connectivity index (χ0v) is 11.4. The second-order valence-electron chi connectivity index (χ2n) is 4.46. The molecule has 1 aromatic heterocycles. The van der Waals surface area contributed by atoms with Crippen molar-refractivity contribution in [1.82, 2.24) is 10.3 Å². The number of hydrogen-bond donors (Lipinski definition) is 1. The Morgan fingerprint density at radius 2 is 1.76 bits per heavy atom. The maximum absolute atomic E-state index is 4.34. The summed E-state index contributed by atoms with van der Waals surface area (Å²) in [6.07, 6.45) is 1.93. The number of benzene rings is 1. The average Bonchev–Trinajstić information content (AvgIpc) is 2.63. The lowest BCUT2D eigenvalue weighted by molar-refractivity contribution is 0.689. The van der Waals surface area contributed by atoms with E-state index in [1.165, 1.54) is 21.6 Å². The van der Waals surface area contributed by atoms with Crippen LogP contribution < -0.4 is 5.32 Å². The molecule has 1 aromatic carbocycles. The second-order valence-corrected chi connectivity index (χ2v) is 5.78. The van der Waals surface area contributed by atoms with Crippen LogP contribution in [0.4, 0.5) is 0 Å². The molecule has 0 radical (unpaired) electrons. The zero-order chi connectivity index (χ0) is 12.3. The van der Waals surface area contributed by atoms with Gasteiger partial charge in [0.1, 0.15) is 5.01 Å². The Bertz CT molecular complexity index is 482. The third kappa shape index (κ3) is 3.65. The molecule has 0 spiro atoms. The first-order valence-corrected chi connectivity index (χ1v) is 6.64. The van der Waals surface area contributed by atoms with E-state index in [-0.39, 0.29) is 0 Å². The van der Waals surface area contributed by atoms with Gasteiger partial charge >= 0.3 is 0 Å². The van der Waals surface area contributed by atoms with Crippen LogP contribution in [-0.2, 0) is 13.1 Å². The highest BCUT2D eigenvalue weighted by Gasteiger charge is 1.99. The van der Waals surface area contributed by atoms with Crippen LogP contribution in [0.5, 0.6) is 0 Å². The fraction of sp³-hybridized carbons (Fsp3) is 0.357. The summed E-state index contributed by atoms with van der Waals surface area (Å²) >= 11 is 1.76. The smallest absolute Gasteiger partial charge is 0.107 e. The Labute approximate surface area is 107 Å².